The van der Waals surface area contributed by atoms with Gasteiger partial charge in [-0.05, 0) is 52.7 Å². The van der Waals surface area contributed by atoms with Gasteiger partial charge in [0.2, 0.25) is 5.91 Å². The van der Waals surface area contributed by atoms with E-state index in [2.05, 4.69) is 31.2 Å². The summed E-state index contributed by atoms with van der Waals surface area (Å²) in [7, 11) is 0. The molecule has 5 rings (SSSR count). The molecular formula is C26H24BrCl2N5O3. The second-order valence-electron chi connectivity index (χ2n) is 8.82. The summed E-state index contributed by atoms with van der Waals surface area (Å²) >= 11 is 15.9. The third-order valence-electron chi connectivity index (χ3n) is 6.25. The lowest BCUT2D eigenvalue weighted by atomic mass is 10.1. The highest BCUT2D eigenvalue weighted by Crippen LogP contribution is 2.31. The minimum atomic E-state index is -0.125. The highest BCUT2D eigenvalue weighted by atomic mass is 79.9. The molecule has 1 unspecified atom stereocenters. The number of nitrogens with zero attached hydrogens (tertiary/aromatic N) is 5. The molecule has 0 bridgehead atoms. The molecule has 4 aromatic rings. The standard InChI is InChI=1S/C26H24BrCl2N5O3/c1-16-3-2-4-22(26(16)27)34-14-18(31-32-34)12-19-15-36-10-9-33(19)25(35)8-7-24-30-13-23(37-24)20-6-5-17(28)11-21(20)29/h2-6,11,13-14,19H,7-10,12,15H2,1H3. The molecule has 1 aliphatic rings. The van der Waals surface area contributed by atoms with E-state index in [1.54, 1.807) is 29.1 Å². The summed E-state index contributed by atoms with van der Waals surface area (Å²) in [6.07, 6.45) is 4.71. The lowest BCUT2D eigenvalue weighted by Gasteiger charge is -2.35. The normalized spacial score (nSPS) is 15.8. The Labute approximate surface area is 232 Å². The number of amides is 1. The van der Waals surface area contributed by atoms with Crippen molar-refractivity contribution in [3.05, 3.63) is 80.5 Å². The molecule has 1 fully saturated rings. The van der Waals surface area contributed by atoms with Gasteiger partial charge in [0, 0.05) is 40.9 Å². The number of aryl methyl sites for hydroxylation is 2. The molecule has 1 saturated heterocycles. The topological polar surface area (TPSA) is 86.3 Å². The van der Waals surface area contributed by atoms with Gasteiger partial charge < -0.3 is 14.1 Å². The van der Waals surface area contributed by atoms with Gasteiger partial charge in [0.05, 0.1) is 48.1 Å². The molecule has 1 amide bonds. The Hall–Kier alpha value is -2.72. The largest absolute Gasteiger partial charge is 0.441 e. The van der Waals surface area contributed by atoms with Crippen LogP contribution in [0.25, 0.3) is 17.0 Å². The molecule has 192 valence electrons. The number of oxazole rings is 1. The van der Waals surface area contributed by atoms with Crippen molar-refractivity contribution in [2.45, 2.75) is 32.2 Å². The van der Waals surface area contributed by atoms with Crippen molar-refractivity contribution in [3.8, 4) is 17.0 Å². The molecule has 2 aromatic heterocycles. The summed E-state index contributed by atoms with van der Waals surface area (Å²) in [5.41, 5.74) is 3.52. The van der Waals surface area contributed by atoms with Crippen LogP contribution in [0.5, 0.6) is 0 Å². The average molecular weight is 605 g/mol. The van der Waals surface area contributed by atoms with E-state index >= 15 is 0 Å². The summed E-state index contributed by atoms with van der Waals surface area (Å²) in [6.45, 7) is 3.51. The van der Waals surface area contributed by atoms with Crippen molar-refractivity contribution < 1.29 is 13.9 Å². The number of carbonyl (C=O) groups excluding carboxylic acids is 1. The zero-order chi connectivity index (χ0) is 25.9. The number of morpholine rings is 1. The van der Waals surface area contributed by atoms with Crippen LogP contribution in [0.4, 0.5) is 0 Å². The Morgan fingerprint density at radius 3 is 2.95 bits per heavy atom. The van der Waals surface area contributed by atoms with E-state index in [0.717, 1.165) is 21.4 Å². The molecule has 0 N–H and O–H groups in total. The molecule has 2 aromatic carbocycles. The molecule has 11 heteroatoms. The first-order chi connectivity index (χ1) is 17.9. The number of benzene rings is 2. The number of hydrogen-bond acceptors (Lipinski definition) is 6. The molecule has 8 nitrogen and oxygen atoms in total. The Bertz CT molecular complexity index is 1420. The second kappa shape index (κ2) is 11.3. The predicted molar refractivity (Wildman–Crippen MR) is 144 cm³/mol. The second-order valence-corrected chi connectivity index (χ2v) is 10.5. The lowest BCUT2D eigenvalue weighted by Crippen LogP contribution is -2.49. The fraction of sp³-hybridized carbons (Fsp3) is 0.308. The van der Waals surface area contributed by atoms with E-state index < -0.39 is 0 Å². The molecule has 1 atom stereocenters. The Balaban J connectivity index is 1.22. The van der Waals surface area contributed by atoms with Gasteiger partial charge in [-0.2, -0.15) is 0 Å². The summed E-state index contributed by atoms with van der Waals surface area (Å²) in [4.78, 5) is 19.4. The van der Waals surface area contributed by atoms with Crippen molar-refractivity contribution in [1.82, 2.24) is 24.9 Å². The number of carbonyl (C=O) groups is 1. The summed E-state index contributed by atoms with van der Waals surface area (Å²) in [5.74, 6) is 1.04. The molecule has 0 aliphatic carbocycles. The van der Waals surface area contributed by atoms with Crippen LogP contribution in [0.3, 0.4) is 0 Å². The van der Waals surface area contributed by atoms with Gasteiger partial charge in [-0.3, -0.25) is 4.79 Å². The van der Waals surface area contributed by atoms with E-state index in [9.17, 15) is 4.79 Å². The van der Waals surface area contributed by atoms with Crippen LogP contribution in [0, 0.1) is 6.92 Å². The molecule has 37 heavy (non-hydrogen) atoms. The Kier molecular flexibility index (Phi) is 7.95. The van der Waals surface area contributed by atoms with Crippen molar-refractivity contribution in [2.24, 2.45) is 0 Å². The van der Waals surface area contributed by atoms with Crippen molar-refractivity contribution in [3.63, 3.8) is 0 Å². The number of rotatable bonds is 7. The van der Waals surface area contributed by atoms with Crippen molar-refractivity contribution in [2.75, 3.05) is 19.8 Å². The predicted octanol–water partition coefficient (Wildman–Crippen LogP) is 5.70. The van der Waals surface area contributed by atoms with E-state index in [4.69, 9.17) is 32.4 Å². The van der Waals surface area contributed by atoms with Gasteiger partial charge in [-0.15, -0.1) is 5.10 Å². The zero-order valence-corrected chi connectivity index (χ0v) is 23.1. The first kappa shape index (κ1) is 25.9. The number of halogens is 3. The third kappa shape index (κ3) is 5.90. The fourth-order valence-electron chi connectivity index (χ4n) is 4.31. The molecule has 3 heterocycles. The van der Waals surface area contributed by atoms with E-state index in [-0.39, 0.29) is 18.4 Å². The smallest absolute Gasteiger partial charge is 0.223 e. The third-order valence-corrected chi connectivity index (χ3v) is 7.83. The van der Waals surface area contributed by atoms with Gasteiger partial charge in [0.25, 0.3) is 0 Å². The van der Waals surface area contributed by atoms with E-state index in [0.29, 0.717) is 59.9 Å². The zero-order valence-electron chi connectivity index (χ0n) is 20.0. The van der Waals surface area contributed by atoms with Gasteiger partial charge in [-0.25, -0.2) is 9.67 Å². The number of ether oxygens (including phenoxy) is 1. The van der Waals surface area contributed by atoms with Crippen LogP contribution in [0.1, 0.15) is 23.6 Å². The van der Waals surface area contributed by atoms with Crippen molar-refractivity contribution >= 4 is 45.0 Å². The average Bonchev–Trinajstić information content (AvgIpc) is 3.54. The first-order valence-electron chi connectivity index (χ1n) is 11.8. The van der Waals surface area contributed by atoms with Crippen LogP contribution in [-0.4, -0.2) is 56.6 Å². The van der Waals surface area contributed by atoms with Gasteiger partial charge in [-0.1, -0.05) is 40.5 Å². The molecule has 1 aliphatic heterocycles. The van der Waals surface area contributed by atoms with Crippen LogP contribution < -0.4 is 0 Å². The summed E-state index contributed by atoms with van der Waals surface area (Å²) in [6, 6.07) is 11.0. The maximum Gasteiger partial charge on any atom is 0.223 e. The summed E-state index contributed by atoms with van der Waals surface area (Å²) < 4.78 is 14.3. The van der Waals surface area contributed by atoms with Crippen molar-refractivity contribution in [1.29, 1.82) is 0 Å². The van der Waals surface area contributed by atoms with Crippen LogP contribution in [0.15, 0.2) is 57.7 Å². The lowest BCUT2D eigenvalue weighted by molar-refractivity contribution is -0.139. The summed E-state index contributed by atoms with van der Waals surface area (Å²) in [5, 5.41) is 9.66. The molecular weight excluding hydrogens is 581 g/mol. The SMILES string of the molecule is Cc1cccc(-n2cc(CC3COCCN3C(=O)CCc3ncc(-c4ccc(Cl)cc4Cl)o3)nn2)c1Br. The van der Waals surface area contributed by atoms with Crippen LogP contribution in [0.2, 0.25) is 10.0 Å². The fourth-order valence-corrected chi connectivity index (χ4v) is 5.26. The minimum Gasteiger partial charge on any atom is -0.441 e. The first-order valence-corrected chi connectivity index (χ1v) is 13.4. The molecule has 0 spiro atoms. The molecule has 0 radical (unpaired) electrons. The van der Waals surface area contributed by atoms with Gasteiger partial charge in [0.15, 0.2) is 11.7 Å². The highest BCUT2D eigenvalue weighted by molar-refractivity contribution is 9.10. The Morgan fingerprint density at radius 1 is 1.24 bits per heavy atom. The van der Waals surface area contributed by atoms with Crippen LogP contribution in [-0.2, 0) is 22.4 Å². The van der Waals surface area contributed by atoms with Gasteiger partial charge in [0.1, 0.15) is 0 Å². The minimum absolute atomic E-state index is 0.0198. The molecule has 0 saturated carbocycles. The van der Waals surface area contributed by atoms with Crippen LogP contribution >= 0.6 is 39.1 Å². The maximum atomic E-state index is 13.2. The quantitative estimate of drug-likeness (QED) is 0.269. The maximum absolute atomic E-state index is 13.2. The highest BCUT2D eigenvalue weighted by Gasteiger charge is 2.28. The monoisotopic (exact) mass is 603 g/mol. The van der Waals surface area contributed by atoms with E-state index in [1.165, 1.54) is 0 Å². The Morgan fingerprint density at radius 2 is 2.11 bits per heavy atom. The number of aromatic nitrogens is 4. The van der Waals surface area contributed by atoms with E-state index in [1.807, 2.05) is 36.2 Å². The number of hydrogen-bond donors (Lipinski definition) is 0. The van der Waals surface area contributed by atoms with Gasteiger partial charge >= 0.3 is 0 Å².